The van der Waals surface area contributed by atoms with Gasteiger partial charge in [-0.15, -0.1) is 0 Å². The lowest BCUT2D eigenvalue weighted by atomic mass is 9.74. The SMILES string of the molecule is CC(C)(C)CC(CCCCNC(=O)OC1C=CCCCCC1)C(=O)C(C)(C)C. The summed E-state index contributed by atoms with van der Waals surface area (Å²) in [5.74, 6) is 0.442. The van der Waals surface area contributed by atoms with E-state index >= 15 is 0 Å². The van der Waals surface area contributed by atoms with Gasteiger partial charge in [0.25, 0.3) is 0 Å². The van der Waals surface area contributed by atoms with Gasteiger partial charge in [0.2, 0.25) is 0 Å². The molecule has 0 saturated heterocycles. The normalized spacial score (nSPS) is 19.4. The Labute approximate surface area is 172 Å². The maximum absolute atomic E-state index is 12.8. The number of ether oxygens (including phenoxy) is 1. The van der Waals surface area contributed by atoms with Crippen LogP contribution in [-0.4, -0.2) is 24.5 Å². The van der Waals surface area contributed by atoms with E-state index in [2.05, 4.69) is 32.2 Å². The lowest BCUT2D eigenvalue weighted by molar-refractivity contribution is -0.131. The molecule has 0 aromatic heterocycles. The smallest absolute Gasteiger partial charge is 0.407 e. The maximum atomic E-state index is 12.8. The summed E-state index contributed by atoms with van der Waals surface area (Å²) in [5.41, 5.74) is -0.165. The predicted molar refractivity (Wildman–Crippen MR) is 116 cm³/mol. The van der Waals surface area contributed by atoms with Crippen molar-refractivity contribution < 1.29 is 14.3 Å². The second kappa shape index (κ2) is 11.6. The van der Waals surface area contributed by atoms with E-state index in [-0.39, 0.29) is 28.9 Å². The molecule has 0 radical (unpaired) electrons. The van der Waals surface area contributed by atoms with Crippen LogP contribution in [0.5, 0.6) is 0 Å². The predicted octanol–water partition coefficient (Wildman–Crippen LogP) is 6.44. The fourth-order valence-corrected chi connectivity index (χ4v) is 3.79. The van der Waals surface area contributed by atoms with Gasteiger partial charge in [-0.2, -0.15) is 0 Å². The van der Waals surface area contributed by atoms with Crippen molar-refractivity contribution in [1.29, 1.82) is 0 Å². The quantitative estimate of drug-likeness (QED) is 0.381. The van der Waals surface area contributed by atoms with Crippen molar-refractivity contribution in [2.45, 2.75) is 105 Å². The standard InChI is InChI=1S/C24H43NO3/c1-23(2,3)18-19(21(26)24(4,5)6)14-12-13-17-25-22(27)28-20-15-10-8-7-9-11-16-20/h10,15,19-20H,7-9,11-14,16-18H2,1-6H3,(H,25,27). The first-order valence-electron chi connectivity index (χ1n) is 11.1. The van der Waals surface area contributed by atoms with Crippen molar-refractivity contribution in [1.82, 2.24) is 5.32 Å². The summed E-state index contributed by atoms with van der Waals surface area (Å²) < 4.78 is 5.51. The largest absolute Gasteiger partial charge is 0.442 e. The van der Waals surface area contributed by atoms with Crippen LogP contribution in [0.4, 0.5) is 4.79 Å². The summed E-state index contributed by atoms with van der Waals surface area (Å²) in [7, 11) is 0. The van der Waals surface area contributed by atoms with Crippen LogP contribution in [0.25, 0.3) is 0 Å². The van der Waals surface area contributed by atoms with E-state index in [0.29, 0.717) is 12.3 Å². The van der Waals surface area contributed by atoms with Gasteiger partial charge in [-0.1, -0.05) is 60.5 Å². The molecular formula is C24H43NO3. The Morgan fingerprint density at radius 2 is 1.79 bits per heavy atom. The third-order valence-electron chi connectivity index (χ3n) is 5.19. The molecule has 0 aromatic rings. The van der Waals surface area contributed by atoms with Gasteiger partial charge in [-0.05, 0) is 56.4 Å². The Kier molecular flexibility index (Phi) is 10.3. The number of amides is 1. The van der Waals surface area contributed by atoms with E-state index in [1.807, 2.05) is 26.8 Å². The van der Waals surface area contributed by atoms with Gasteiger partial charge in [-0.25, -0.2) is 4.79 Å². The molecule has 0 fully saturated rings. The first-order valence-corrected chi connectivity index (χ1v) is 11.1. The van der Waals surface area contributed by atoms with Gasteiger partial charge in [0, 0.05) is 17.9 Å². The third-order valence-corrected chi connectivity index (χ3v) is 5.19. The third kappa shape index (κ3) is 10.9. The summed E-state index contributed by atoms with van der Waals surface area (Å²) in [6, 6.07) is 0. The number of rotatable bonds is 8. The van der Waals surface area contributed by atoms with Crippen LogP contribution in [0.1, 0.15) is 99.3 Å². The van der Waals surface area contributed by atoms with Gasteiger partial charge >= 0.3 is 6.09 Å². The van der Waals surface area contributed by atoms with E-state index in [9.17, 15) is 9.59 Å². The highest BCUT2D eigenvalue weighted by atomic mass is 16.6. The highest BCUT2D eigenvalue weighted by Crippen LogP contribution is 2.33. The fourth-order valence-electron chi connectivity index (χ4n) is 3.79. The summed E-state index contributed by atoms with van der Waals surface area (Å²) in [5, 5.41) is 2.87. The number of hydrogen-bond acceptors (Lipinski definition) is 3. The minimum absolute atomic E-state index is 0.0898. The van der Waals surface area contributed by atoms with Crippen molar-refractivity contribution in [2.75, 3.05) is 6.54 Å². The molecule has 4 nitrogen and oxygen atoms in total. The number of allylic oxidation sites excluding steroid dienone is 1. The molecule has 0 bridgehead atoms. The summed E-state index contributed by atoms with van der Waals surface area (Å²) >= 11 is 0. The first kappa shape index (κ1) is 24.7. The second-order valence-corrected chi connectivity index (χ2v) is 10.5. The Bertz CT molecular complexity index is 511. The number of carbonyl (C=O) groups excluding carboxylic acids is 2. The van der Waals surface area contributed by atoms with Gasteiger partial charge in [0.05, 0.1) is 0 Å². The van der Waals surface area contributed by atoms with Crippen LogP contribution in [0.3, 0.4) is 0 Å². The molecule has 1 rings (SSSR count). The average molecular weight is 394 g/mol. The molecule has 162 valence electrons. The van der Waals surface area contributed by atoms with Crippen LogP contribution in [0, 0.1) is 16.7 Å². The number of alkyl carbamates (subject to hydrolysis) is 1. The zero-order chi connectivity index (χ0) is 21.2. The van der Waals surface area contributed by atoms with Crippen LogP contribution >= 0.6 is 0 Å². The topological polar surface area (TPSA) is 55.4 Å². The summed E-state index contributed by atoms with van der Waals surface area (Å²) in [6.45, 7) is 13.2. The first-order chi connectivity index (χ1) is 13.0. The van der Waals surface area contributed by atoms with Crippen molar-refractivity contribution in [2.24, 2.45) is 16.7 Å². The van der Waals surface area contributed by atoms with Crippen molar-refractivity contribution in [3.05, 3.63) is 12.2 Å². The van der Waals surface area contributed by atoms with Gasteiger partial charge < -0.3 is 10.1 Å². The second-order valence-electron chi connectivity index (χ2n) is 10.5. The Morgan fingerprint density at radius 1 is 1.07 bits per heavy atom. The number of nitrogens with one attached hydrogen (secondary N) is 1. The highest BCUT2D eigenvalue weighted by molar-refractivity contribution is 5.86. The van der Waals surface area contributed by atoms with Gasteiger partial charge in [0.1, 0.15) is 11.9 Å². The maximum Gasteiger partial charge on any atom is 0.407 e. The molecule has 2 unspecified atom stereocenters. The molecule has 28 heavy (non-hydrogen) atoms. The molecule has 1 aliphatic rings. The van der Waals surface area contributed by atoms with E-state index < -0.39 is 0 Å². The van der Waals surface area contributed by atoms with Gasteiger partial charge in [0.15, 0.2) is 0 Å². The lowest BCUT2D eigenvalue weighted by Gasteiger charge is -2.30. The van der Waals surface area contributed by atoms with E-state index in [4.69, 9.17) is 4.74 Å². The molecule has 4 heteroatoms. The Balaban J connectivity index is 2.35. The van der Waals surface area contributed by atoms with Crippen molar-refractivity contribution >= 4 is 11.9 Å². The number of carbonyl (C=O) groups is 2. The molecule has 1 amide bonds. The summed E-state index contributed by atoms with van der Waals surface area (Å²) in [6.07, 6.45) is 12.8. The van der Waals surface area contributed by atoms with Crippen LogP contribution in [0.15, 0.2) is 12.2 Å². The molecule has 0 aromatic carbocycles. The van der Waals surface area contributed by atoms with Crippen LogP contribution < -0.4 is 5.32 Å². The summed E-state index contributed by atoms with van der Waals surface area (Å²) in [4.78, 5) is 24.8. The minimum atomic E-state index is -0.327. The molecule has 1 N–H and O–H groups in total. The fraction of sp³-hybridized carbons (Fsp3) is 0.833. The molecule has 1 aliphatic carbocycles. The molecule has 2 atom stereocenters. The number of hydrogen-bond donors (Lipinski definition) is 1. The monoisotopic (exact) mass is 393 g/mol. The van der Waals surface area contributed by atoms with Crippen LogP contribution in [-0.2, 0) is 9.53 Å². The number of ketones is 1. The minimum Gasteiger partial charge on any atom is -0.442 e. The van der Waals surface area contributed by atoms with E-state index in [0.717, 1.165) is 44.9 Å². The van der Waals surface area contributed by atoms with E-state index in [1.54, 1.807) is 0 Å². The van der Waals surface area contributed by atoms with Crippen molar-refractivity contribution in [3.8, 4) is 0 Å². The number of unbranched alkanes of at least 4 members (excludes halogenated alkanes) is 1. The van der Waals surface area contributed by atoms with E-state index in [1.165, 1.54) is 12.8 Å². The van der Waals surface area contributed by atoms with Gasteiger partial charge in [-0.3, -0.25) is 4.79 Å². The molecular weight excluding hydrogens is 350 g/mol. The zero-order valence-corrected chi connectivity index (χ0v) is 19.1. The molecule has 0 heterocycles. The number of Topliss-reactive ketones (excluding diaryl/α,β-unsaturated/α-hetero) is 1. The zero-order valence-electron chi connectivity index (χ0n) is 19.1. The molecule has 0 aliphatic heterocycles. The highest BCUT2D eigenvalue weighted by Gasteiger charge is 2.31. The molecule has 0 spiro atoms. The Morgan fingerprint density at radius 3 is 2.43 bits per heavy atom. The average Bonchev–Trinajstić information content (AvgIpc) is 2.53. The van der Waals surface area contributed by atoms with Crippen LogP contribution in [0.2, 0.25) is 0 Å². The lowest BCUT2D eigenvalue weighted by Crippen LogP contribution is -2.31. The Hall–Kier alpha value is -1.32. The molecule has 0 saturated carbocycles. The van der Waals surface area contributed by atoms with Crippen molar-refractivity contribution in [3.63, 3.8) is 0 Å².